The van der Waals surface area contributed by atoms with Crippen molar-refractivity contribution in [3.05, 3.63) is 28.8 Å². The molecule has 0 saturated carbocycles. The second kappa shape index (κ2) is 7.28. The first-order valence-electron chi connectivity index (χ1n) is 6.65. The van der Waals surface area contributed by atoms with Crippen molar-refractivity contribution in [2.45, 2.75) is 18.9 Å². The van der Waals surface area contributed by atoms with Crippen LogP contribution < -0.4 is 11.1 Å². The molecule has 114 valence electrons. The molecule has 0 bridgehead atoms. The highest BCUT2D eigenvalue weighted by molar-refractivity contribution is 6.33. The highest BCUT2D eigenvalue weighted by atomic mass is 35.5. The molecule has 0 aliphatic carbocycles. The van der Waals surface area contributed by atoms with E-state index in [-0.39, 0.29) is 29.1 Å². The predicted molar refractivity (Wildman–Crippen MR) is 78.1 cm³/mol. The van der Waals surface area contributed by atoms with Gasteiger partial charge in [0.15, 0.2) is 6.61 Å². The normalized spacial score (nSPS) is 15.5. The van der Waals surface area contributed by atoms with Gasteiger partial charge < -0.3 is 20.5 Å². The molecule has 0 radical (unpaired) electrons. The van der Waals surface area contributed by atoms with Crippen LogP contribution in [-0.4, -0.2) is 37.7 Å². The molecule has 0 spiro atoms. The summed E-state index contributed by atoms with van der Waals surface area (Å²) in [5, 5.41) is 3.00. The summed E-state index contributed by atoms with van der Waals surface area (Å²) in [6.45, 7) is 0.925. The van der Waals surface area contributed by atoms with Crippen LogP contribution >= 0.6 is 11.6 Å². The number of nitrogens with two attached hydrogens (primary N) is 1. The zero-order valence-electron chi connectivity index (χ0n) is 11.4. The van der Waals surface area contributed by atoms with Gasteiger partial charge in [0.2, 0.25) is 0 Å². The average molecular weight is 313 g/mol. The van der Waals surface area contributed by atoms with Crippen molar-refractivity contribution in [3.8, 4) is 0 Å². The fourth-order valence-electron chi connectivity index (χ4n) is 2.02. The van der Waals surface area contributed by atoms with E-state index in [0.29, 0.717) is 18.9 Å². The number of benzene rings is 1. The first-order valence-corrected chi connectivity index (χ1v) is 7.03. The Hall–Kier alpha value is -1.79. The van der Waals surface area contributed by atoms with Crippen molar-refractivity contribution >= 4 is 29.2 Å². The Morgan fingerprint density at radius 2 is 2.10 bits per heavy atom. The van der Waals surface area contributed by atoms with Crippen molar-refractivity contribution in [3.63, 3.8) is 0 Å². The third-order valence-corrected chi connectivity index (χ3v) is 3.45. The van der Waals surface area contributed by atoms with Crippen LogP contribution in [-0.2, 0) is 14.3 Å². The number of carbonyl (C=O) groups excluding carboxylic acids is 2. The average Bonchev–Trinajstić information content (AvgIpc) is 2.46. The molecule has 2 rings (SSSR count). The third-order valence-electron chi connectivity index (χ3n) is 3.13. The van der Waals surface area contributed by atoms with Gasteiger partial charge in [-0.05, 0) is 31.0 Å². The van der Waals surface area contributed by atoms with E-state index >= 15 is 0 Å². The lowest BCUT2D eigenvalue weighted by molar-refractivity contribution is -0.125. The van der Waals surface area contributed by atoms with Gasteiger partial charge in [0.25, 0.3) is 5.91 Å². The number of anilines is 1. The molecular weight excluding hydrogens is 296 g/mol. The minimum atomic E-state index is -0.651. The monoisotopic (exact) mass is 312 g/mol. The van der Waals surface area contributed by atoms with Gasteiger partial charge >= 0.3 is 5.97 Å². The fourth-order valence-corrected chi connectivity index (χ4v) is 2.28. The Balaban J connectivity index is 1.81. The maximum Gasteiger partial charge on any atom is 0.340 e. The number of rotatable bonds is 4. The zero-order chi connectivity index (χ0) is 15.2. The molecule has 1 aliphatic heterocycles. The molecular formula is C14H17ClN2O4. The quantitative estimate of drug-likeness (QED) is 0.647. The highest BCUT2D eigenvalue weighted by Crippen LogP contribution is 2.19. The van der Waals surface area contributed by atoms with E-state index in [0.717, 1.165) is 12.8 Å². The van der Waals surface area contributed by atoms with E-state index in [2.05, 4.69) is 5.32 Å². The number of esters is 1. The Bertz CT molecular complexity index is 530. The molecule has 21 heavy (non-hydrogen) atoms. The number of amides is 1. The molecule has 0 aromatic heterocycles. The molecule has 1 heterocycles. The maximum absolute atomic E-state index is 11.8. The molecule has 1 amide bonds. The number of halogens is 1. The van der Waals surface area contributed by atoms with E-state index in [1.54, 1.807) is 6.07 Å². The molecule has 0 unspecified atom stereocenters. The molecule has 1 saturated heterocycles. The minimum absolute atomic E-state index is 0.0741. The Kier molecular flexibility index (Phi) is 5.41. The van der Waals surface area contributed by atoms with Crippen LogP contribution in [0.5, 0.6) is 0 Å². The number of hydrogen-bond acceptors (Lipinski definition) is 5. The standard InChI is InChI=1S/C14H17ClN2O4/c15-12-7-9(16)1-2-11(12)14(19)21-8-13(18)17-10-3-5-20-6-4-10/h1-2,7,10H,3-6,8,16H2,(H,17,18). The van der Waals surface area contributed by atoms with Crippen molar-refractivity contribution in [2.24, 2.45) is 0 Å². The number of nitrogen functional groups attached to an aromatic ring is 1. The second-order valence-corrected chi connectivity index (χ2v) is 5.18. The predicted octanol–water partition coefficient (Wildman–Crippen LogP) is 1.37. The van der Waals surface area contributed by atoms with Crippen LogP contribution in [0.1, 0.15) is 23.2 Å². The van der Waals surface area contributed by atoms with Gasteiger partial charge in [-0.1, -0.05) is 11.6 Å². The highest BCUT2D eigenvalue weighted by Gasteiger charge is 2.18. The van der Waals surface area contributed by atoms with Crippen LogP contribution in [0.2, 0.25) is 5.02 Å². The SMILES string of the molecule is Nc1ccc(C(=O)OCC(=O)NC2CCOCC2)c(Cl)c1. The van der Waals surface area contributed by atoms with Crippen LogP contribution in [0.15, 0.2) is 18.2 Å². The number of ether oxygens (including phenoxy) is 2. The minimum Gasteiger partial charge on any atom is -0.452 e. The summed E-state index contributed by atoms with van der Waals surface area (Å²) in [5.41, 5.74) is 6.18. The topological polar surface area (TPSA) is 90.7 Å². The van der Waals surface area contributed by atoms with Crippen LogP contribution in [0.4, 0.5) is 5.69 Å². The maximum atomic E-state index is 11.8. The van der Waals surface area contributed by atoms with E-state index in [4.69, 9.17) is 26.8 Å². The summed E-state index contributed by atoms with van der Waals surface area (Å²) >= 11 is 5.90. The molecule has 1 fully saturated rings. The first kappa shape index (κ1) is 15.6. The van der Waals surface area contributed by atoms with Gasteiger partial charge in [0.05, 0.1) is 10.6 Å². The lowest BCUT2D eigenvalue weighted by Gasteiger charge is -2.22. The summed E-state index contributed by atoms with van der Waals surface area (Å²) in [6.07, 6.45) is 1.53. The fraction of sp³-hybridized carbons (Fsp3) is 0.429. The van der Waals surface area contributed by atoms with Crippen LogP contribution in [0.3, 0.4) is 0 Å². The van der Waals surface area contributed by atoms with Gasteiger partial charge in [-0.3, -0.25) is 4.79 Å². The number of hydrogen-bond donors (Lipinski definition) is 2. The molecule has 7 heteroatoms. The van der Waals surface area contributed by atoms with Gasteiger partial charge in [0.1, 0.15) is 0 Å². The van der Waals surface area contributed by atoms with Crippen LogP contribution in [0.25, 0.3) is 0 Å². The van der Waals surface area contributed by atoms with E-state index < -0.39 is 5.97 Å². The lowest BCUT2D eigenvalue weighted by Crippen LogP contribution is -2.41. The van der Waals surface area contributed by atoms with Crippen molar-refractivity contribution < 1.29 is 19.1 Å². The summed E-state index contributed by atoms with van der Waals surface area (Å²) < 4.78 is 10.1. The largest absolute Gasteiger partial charge is 0.452 e. The summed E-state index contributed by atoms with van der Waals surface area (Å²) in [7, 11) is 0. The van der Waals surface area contributed by atoms with Crippen molar-refractivity contribution in [2.75, 3.05) is 25.6 Å². The zero-order valence-corrected chi connectivity index (χ0v) is 12.2. The lowest BCUT2D eigenvalue weighted by atomic mass is 10.1. The van der Waals surface area contributed by atoms with E-state index in [1.165, 1.54) is 12.1 Å². The van der Waals surface area contributed by atoms with Crippen molar-refractivity contribution in [1.29, 1.82) is 0 Å². The molecule has 0 atom stereocenters. The summed E-state index contributed by atoms with van der Waals surface area (Å²) in [4.78, 5) is 23.5. The number of nitrogens with one attached hydrogen (secondary N) is 1. The number of carbonyl (C=O) groups is 2. The van der Waals surface area contributed by atoms with E-state index in [1.807, 2.05) is 0 Å². The van der Waals surface area contributed by atoms with Crippen LogP contribution in [0, 0.1) is 0 Å². The Morgan fingerprint density at radius 3 is 2.76 bits per heavy atom. The molecule has 1 aromatic rings. The first-order chi connectivity index (χ1) is 10.1. The molecule has 6 nitrogen and oxygen atoms in total. The van der Waals surface area contributed by atoms with Gasteiger partial charge in [-0.2, -0.15) is 0 Å². The molecule has 1 aromatic carbocycles. The van der Waals surface area contributed by atoms with E-state index in [9.17, 15) is 9.59 Å². The van der Waals surface area contributed by atoms with Crippen molar-refractivity contribution in [1.82, 2.24) is 5.32 Å². The van der Waals surface area contributed by atoms with Gasteiger partial charge in [-0.25, -0.2) is 4.79 Å². The summed E-state index contributed by atoms with van der Waals surface area (Å²) in [5.74, 6) is -0.982. The summed E-state index contributed by atoms with van der Waals surface area (Å²) in [6, 6.07) is 4.55. The Labute approximate surface area is 127 Å². The van der Waals surface area contributed by atoms with Gasteiger partial charge in [-0.15, -0.1) is 0 Å². The second-order valence-electron chi connectivity index (χ2n) is 4.77. The Morgan fingerprint density at radius 1 is 1.38 bits per heavy atom. The third kappa shape index (κ3) is 4.61. The molecule has 1 aliphatic rings. The smallest absolute Gasteiger partial charge is 0.340 e. The van der Waals surface area contributed by atoms with Gasteiger partial charge in [0, 0.05) is 24.9 Å². The molecule has 3 N–H and O–H groups in total.